The molecule has 5 nitrogen and oxygen atoms in total. The fourth-order valence-electron chi connectivity index (χ4n) is 2.79. The minimum Gasteiger partial charge on any atom is -0.325 e. The summed E-state index contributed by atoms with van der Waals surface area (Å²) in [5, 5.41) is 2.69. The molecule has 3 rings (SSSR count). The van der Waals surface area contributed by atoms with E-state index in [4.69, 9.17) is 23.2 Å². The SMILES string of the molecule is O=C(Nc1ccc(Br)cc1)[C@H](Cc1ccccc1)NS(=O)(=O)c1c(Cl)cccc1Cl. The summed E-state index contributed by atoms with van der Waals surface area (Å²) in [5.41, 5.74) is 1.33. The van der Waals surface area contributed by atoms with Crippen molar-refractivity contribution in [3.63, 3.8) is 0 Å². The third kappa shape index (κ3) is 5.83. The molecule has 3 aromatic carbocycles. The third-order valence-electron chi connectivity index (χ3n) is 4.20. The van der Waals surface area contributed by atoms with Crippen LogP contribution in [0.15, 0.2) is 82.2 Å². The van der Waals surface area contributed by atoms with Crippen LogP contribution in [-0.4, -0.2) is 20.4 Å². The van der Waals surface area contributed by atoms with Crippen molar-refractivity contribution in [2.24, 2.45) is 0 Å². The van der Waals surface area contributed by atoms with Crippen LogP contribution < -0.4 is 10.0 Å². The number of benzene rings is 3. The Morgan fingerprint density at radius 2 is 1.50 bits per heavy atom. The lowest BCUT2D eigenvalue weighted by molar-refractivity contribution is -0.117. The van der Waals surface area contributed by atoms with Gasteiger partial charge in [-0.3, -0.25) is 4.79 Å². The van der Waals surface area contributed by atoms with Gasteiger partial charge in [-0.1, -0.05) is 75.5 Å². The van der Waals surface area contributed by atoms with Gasteiger partial charge in [0, 0.05) is 10.2 Å². The Hall–Kier alpha value is -1.90. The predicted molar refractivity (Wildman–Crippen MR) is 123 cm³/mol. The number of halogens is 3. The average Bonchev–Trinajstić information content (AvgIpc) is 2.69. The van der Waals surface area contributed by atoms with E-state index in [1.54, 1.807) is 30.3 Å². The van der Waals surface area contributed by atoms with Gasteiger partial charge < -0.3 is 5.32 Å². The lowest BCUT2D eigenvalue weighted by Gasteiger charge is -2.20. The van der Waals surface area contributed by atoms with E-state index in [0.29, 0.717) is 5.69 Å². The minimum absolute atomic E-state index is 0.0261. The van der Waals surface area contributed by atoms with Gasteiger partial charge in [-0.25, -0.2) is 8.42 Å². The second-order valence-electron chi connectivity index (χ2n) is 6.41. The second kappa shape index (κ2) is 9.94. The molecule has 1 atom stereocenters. The summed E-state index contributed by atoms with van der Waals surface area (Å²) in [6, 6.07) is 19.4. The molecular formula is C21H17BrCl2N2O3S. The van der Waals surface area contributed by atoms with Gasteiger partial charge in [-0.05, 0) is 48.4 Å². The van der Waals surface area contributed by atoms with Crippen LogP contribution in [0.25, 0.3) is 0 Å². The zero-order chi connectivity index (χ0) is 21.7. The van der Waals surface area contributed by atoms with E-state index in [0.717, 1.165) is 10.0 Å². The summed E-state index contributed by atoms with van der Waals surface area (Å²) in [6.45, 7) is 0. The number of hydrogen-bond acceptors (Lipinski definition) is 3. The molecule has 0 fully saturated rings. The van der Waals surface area contributed by atoms with Crippen LogP contribution in [0.3, 0.4) is 0 Å². The standard InChI is InChI=1S/C21H17BrCl2N2O3S/c22-15-9-11-16(12-10-15)25-21(27)19(13-14-5-2-1-3-6-14)26-30(28,29)20-17(23)7-4-8-18(20)24/h1-12,19,26H,13H2,(H,25,27)/t19-/m0/s1. The lowest BCUT2D eigenvalue weighted by Crippen LogP contribution is -2.45. The Balaban J connectivity index is 1.90. The highest BCUT2D eigenvalue weighted by molar-refractivity contribution is 9.10. The largest absolute Gasteiger partial charge is 0.325 e. The second-order valence-corrected chi connectivity index (χ2v) is 9.79. The molecule has 0 saturated heterocycles. The molecule has 0 aliphatic carbocycles. The molecule has 0 aromatic heterocycles. The molecule has 0 aliphatic rings. The molecule has 0 unspecified atom stereocenters. The van der Waals surface area contributed by atoms with E-state index in [2.05, 4.69) is 26.0 Å². The van der Waals surface area contributed by atoms with Crippen LogP contribution in [0.4, 0.5) is 5.69 Å². The maximum Gasteiger partial charge on any atom is 0.244 e. The van der Waals surface area contributed by atoms with Crippen molar-refractivity contribution >= 4 is 60.7 Å². The maximum absolute atomic E-state index is 13.0. The van der Waals surface area contributed by atoms with Crippen molar-refractivity contribution in [1.29, 1.82) is 0 Å². The summed E-state index contributed by atoms with van der Waals surface area (Å²) in [7, 11) is -4.17. The van der Waals surface area contributed by atoms with Gasteiger partial charge in [0.1, 0.15) is 10.9 Å². The summed E-state index contributed by atoms with van der Waals surface area (Å²) in [6.07, 6.45) is 0.143. The van der Waals surface area contributed by atoms with Crippen molar-refractivity contribution in [1.82, 2.24) is 4.72 Å². The van der Waals surface area contributed by atoms with Crippen LogP contribution in [0.1, 0.15) is 5.56 Å². The van der Waals surface area contributed by atoms with Gasteiger partial charge in [-0.2, -0.15) is 4.72 Å². The molecule has 0 heterocycles. The van der Waals surface area contributed by atoms with E-state index in [-0.39, 0.29) is 21.4 Å². The Morgan fingerprint density at radius 3 is 2.10 bits per heavy atom. The van der Waals surface area contributed by atoms with Crippen LogP contribution in [0.5, 0.6) is 0 Å². The summed E-state index contributed by atoms with van der Waals surface area (Å²) < 4.78 is 29.3. The number of hydrogen-bond donors (Lipinski definition) is 2. The van der Waals surface area contributed by atoms with E-state index >= 15 is 0 Å². The van der Waals surface area contributed by atoms with E-state index in [1.165, 1.54) is 12.1 Å². The first-order chi connectivity index (χ1) is 14.3. The molecule has 0 saturated carbocycles. The zero-order valence-electron chi connectivity index (χ0n) is 15.5. The molecule has 3 aromatic rings. The Morgan fingerprint density at radius 1 is 0.900 bits per heavy atom. The van der Waals surface area contributed by atoms with Gasteiger partial charge in [0.05, 0.1) is 10.0 Å². The number of nitrogens with one attached hydrogen (secondary N) is 2. The summed E-state index contributed by atoms with van der Waals surface area (Å²) >= 11 is 15.5. The molecule has 0 spiro atoms. The zero-order valence-corrected chi connectivity index (χ0v) is 19.4. The first-order valence-electron chi connectivity index (χ1n) is 8.83. The molecule has 30 heavy (non-hydrogen) atoms. The normalized spacial score (nSPS) is 12.4. The molecule has 9 heteroatoms. The van der Waals surface area contributed by atoms with Crippen LogP contribution >= 0.6 is 39.1 Å². The van der Waals surface area contributed by atoms with Gasteiger partial charge >= 0.3 is 0 Å². The smallest absolute Gasteiger partial charge is 0.244 e. The van der Waals surface area contributed by atoms with E-state index < -0.39 is 22.0 Å². The molecule has 156 valence electrons. The highest BCUT2D eigenvalue weighted by Crippen LogP contribution is 2.29. The number of sulfonamides is 1. The van der Waals surface area contributed by atoms with Crippen molar-refractivity contribution in [2.75, 3.05) is 5.32 Å². The van der Waals surface area contributed by atoms with Crippen molar-refractivity contribution in [3.05, 3.63) is 92.9 Å². The van der Waals surface area contributed by atoms with Crippen molar-refractivity contribution in [3.8, 4) is 0 Å². The first kappa shape index (κ1) is 22.8. The average molecular weight is 528 g/mol. The molecular weight excluding hydrogens is 511 g/mol. The van der Waals surface area contributed by atoms with Gasteiger partial charge in [0.15, 0.2) is 0 Å². The fraction of sp³-hybridized carbons (Fsp3) is 0.0952. The number of carbonyl (C=O) groups is 1. The molecule has 0 aliphatic heterocycles. The monoisotopic (exact) mass is 526 g/mol. The number of amides is 1. The predicted octanol–water partition coefficient (Wildman–Crippen LogP) is 5.28. The van der Waals surface area contributed by atoms with Crippen molar-refractivity contribution < 1.29 is 13.2 Å². The third-order valence-corrected chi connectivity index (χ3v) is 7.15. The van der Waals surface area contributed by atoms with E-state index in [9.17, 15) is 13.2 Å². The Labute approximate surface area is 193 Å². The number of rotatable bonds is 7. The Bertz CT molecular complexity index is 1120. The molecule has 2 N–H and O–H groups in total. The molecule has 1 amide bonds. The summed E-state index contributed by atoms with van der Waals surface area (Å²) in [4.78, 5) is 12.7. The highest BCUT2D eigenvalue weighted by Gasteiger charge is 2.29. The van der Waals surface area contributed by atoms with Crippen molar-refractivity contribution in [2.45, 2.75) is 17.4 Å². The maximum atomic E-state index is 13.0. The molecule has 0 bridgehead atoms. The Kier molecular flexibility index (Phi) is 7.55. The number of anilines is 1. The first-order valence-corrected chi connectivity index (χ1v) is 11.9. The van der Waals surface area contributed by atoms with Crippen LogP contribution in [0.2, 0.25) is 10.0 Å². The molecule has 0 radical (unpaired) electrons. The lowest BCUT2D eigenvalue weighted by atomic mass is 10.1. The number of carbonyl (C=O) groups excluding carboxylic acids is 1. The van der Waals surface area contributed by atoms with E-state index in [1.807, 2.05) is 30.3 Å². The minimum atomic E-state index is -4.17. The summed E-state index contributed by atoms with van der Waals surface area (Å²) in [5.74, 6) is -0.507. The van der Waals surface area contributed by atoms with Crippen LogP contribution in [-0.2, 0) is 21.2 Å². The van der Waals surface area contributed by atoms with Gasteiger partial charge in [-0.15, -0.1) is 0 Å². The quantitative estimate of drug-likeness (QED) is 0.438. The van der Waals surface area contributed by atoms with Crippen LogP contribution in [0, 0.1) is 0 Å². The van der Waals surface area contributed by atoms with Gasteiger partial charge in [0.2, 0.25) is 15.9 Å². The van der Waals surface area contributed by atoms with Gasteiger partial charge in [0.25, 0.3) is 0 Å². The topological polar surface area (TPSA) is 75.3 Å². The highest BCUT2D eigenvalue weighted by atomic mass is 79.9. The fourth-order valence-corrected chi connectivity index (χ4v) is 5.39.